The molecule has 526 valence electrons. The molecule has 0 rings (SSSR count). The Labute approximate surface area is 508 Å². The van der Waals surface area contributed by atoms with Crippen molar-refractivity contribution in [2.75, 3.05) is 112 Å². The molecule has 0 bridgehead atoms. The van der Waals surface area contributed by atoms with Crippen LogP contribution in [-0.4, -0.2) is 438 Å². The summed E-state index contributed by atoms with van der Waals surface area (Å²) in [6, 6.07) is -0.0748. The molecular weight excluding hydrogens is 1170 g/mol. The summed E-state index contributed by atoms with van der Waals surface area (Å²) in [5.41, 5.74) is 0. The van der Waals surface area contributed by atoms with Crippen molar-refractivity contribution < 1.29 is 148 Å². The van der Waals surface area contributed by atoms with Gasteiger partial charge in [0.15, 0.2) is 0 Å². The molecule has 0 saturated heterocycles. The van der Waals surface area contributed by atoms with Gasteiger partial charge in [-0.1, -0.05) is 20.8 Å². The van der Waals surface area contributed by atoms with E-state index in [9.17, 15) is 133 Å². The van der Waals surface area contributed by atoms with Crippen LogP contribution in [0, 0.1) is 0 Å². The maximum absolute atomic E-state index is 10.9. The van der Waals surface area contributed by atoms with Gasteiger partial charge in [0, 0.05) is 51.4 Å². The molecule has 0 aliphatic heterocycles. The van der Waals surface area contributed by atoms with Gasteiger partial charge in [-0.25, -0.2) is 0 Å². The number of hydrogen-bond acceptors (Lipinski definition) is 34. The minimum atomic E-state index is -1.97. The van der Waals surface area contributed by atoms with Crippen molar-refractivity contribution in [1.82, 2.24) is 24.9 Å². The van der Waals surface area contributed by atoms with E-state index >= 15 is 0 Å². The molecule has 0 aromatic rings. The average Bonchev–Trinajstić information content (AvgIpc) is 3.50. The lowest BCUT2D eigenvalue weighted by molar-refractivity contribution is -0.132. The molecule has 0 aliphatic rings. The Hall–Kier alpha value is -1.36. The number of unbranched alkanes of at least 4 members (excludes halogenated alkanes) is 1. The molecule has 34 nitrogen and oxygen atoms in total. The number of rotatable bonds is 51. The van der Waals surface area contributed by atoms with E-state index < -0.39 is 193 Å². The summed E-state index contributed by atoms with van der Waals surface area (Å²) in [6.07, 6.45) is -39.9. The zero-order chi connectivity index (χ0) is 67.6. The first kappa shape index (κ1) is 87.7. The Morgan fingerprint density at radius 2 is 0.483 bits per heavy atom. The van der Waals surface area contributed by atoms with E-state index in [-0.39, 0.29) is 70.7 Å². The highest BCUT2D eigenvalue weighted by Gasteiger charge is 2.38. The van der Waals surface area contributed by atoms with Crippen molar-refractivity contribution in [2.24, 2.45) is 0 Å². The molecule has 0 saturated carbocycles. The molecule has 24 atom stereocenters. The minimum Gasteiger partial charge on any atom is -0.394 e. The van der Waals surface area contributed by atoms with Crippen molar-refractivity contribution in [3.63, 3.8) is 0 Å². The summed E-state index contributed by atoms with van der Waals surface area (Å²) in [4.78, 5) is 6.31. The summed E-state index contributed by atoms with van der Waals surface area (Å²) in [7, 11) is 0. The molecule has 0 fully saturated rings. The Balaban J connectivity index is 0. The van der Waals surface area contributed by atoms with Gasteiger partial charge in [-0.05, 0) is 85.2 Å². The van der Waals surface area contributed by atoms with E-state index in [1.165, 1.54) is 9.80 Å². The van der Waals surface area contributed by atoms with Crippen LogP contribution >= 0.6 is 0 Å². The standard InChI is InChI=1S/C38H82N4O19.C15H33NO10/c1-4-23(46)31(54)32(55)26(49)17-42(18-27(50)35(58)38(61)30(53)21-45)14-8-13-41(16-25(48)34(57)37(60)29(52)20-44)11-6-5-10-40(12-7-9-39-22(2)3)15-24(47)33(56)36(59)28(51)19-43;1-7(2)16(3-8(19)12(23)14(25)10(21)5-17)4-9(20)13(24)15(26)11(22)6-18/h22-39,43-61H,4-21H2,1-3H3;7-15,17-26H,3-6H2,1-2H3. The second-order valence-electron chi connectivity index (χ2n) is 22.9. The third kappa shape index (κ3) is 33.9. The van der Waals surface area contributed by atoms with Gasteiger partial charge in [0.05, 0.1) is 75.8 Å². The van der Waals surface area contributed by atoms with E-state index in [0.717, 1.165) is 0 Å². The fourth-order valence-corrected chi connectivity index (χ4v) is 8.92. The second-order valence-corrected chi connectivity index (χ2v) is 22.9. The fourth-order valence-electron chi connectivity index (χ4n) is 8.92. The molecule has 0 heterocycles. The Kier molecular flexibility index (Phi) is 47.9. The maximum atomic E-state index is 10.9. The molecule has 34 heteroatoms. The highest BCUT2D eigenvalue weighted by atomic mass is 16.4. The van der Waals surface area contributed by atoms with E-state index in [2.05, 4.69) is 5.32 Å². The lowest BCUT2D eigenvalue weighted by atomic mass is 10.00. The summed E-state index contributed by atoms with van der Waals surface area (Å²) >= 11 is 0. The number of aliphatic hydroxyl groups is 29. The van der Waals surface area contributed by atoms with Crippen molar-refractivity contribution in [3.05, 3.63) is 0 Å². The Morgan fingerprint density at radius 3 is 0.736 bits per heavy atom. The average molecular weight is 1290 g/mol. The van der Waals surface area contributed by atoms with E-state index in [1.54, 1.807) is 25.7 Å². The summed E-state index contributed by atoms with van der Waals surface area (Å²) in [5, 5.41) is 291. The van der Waals surface area contributed by atoms with Gasteiger partial charge in [0.1, 0.15) is 104 Å². The molecule has 24 unspecified atom stereocenters. The Bertz CT molecular complexity index is 1580. The van der Waals surface area contributed by atoms with Crippen molar-refractivity contribution in [2.45, 2.75) is 225 Å². The summed E-state index contributed by atoms with van der Waals surface area (Å²) in [6.45, 7) is 4.60. The molecule has 0 aliphatic carbocycles. The van der Waals surface area contributed by atoms with Gasteiger partial charge in [-0.3, -0.25) is 9.80 Å². The van der Waals surface area contributed by atoms with Crippen LogP contribution in [0.3, 0.4) is 0 Å². The second kappa shape index (κ2) is 47.5. The summed E-state index contributed by atoms with van der Waals surface area (Å²) < 4.78 is 0. The van der Waals surface area contributed by atoms with Crippen LogP contribution < -0.4 is 5.32 Å². The van der Waals surface area contributed by atoms with Crippen molar-refractivity contribution >= 4 is 0 Å². The lowest BCUT2D eigenvalue weighted by Gasteiger charge is -2.35. The van der Waals surface area contributed by atoms with Crippen LogP contribution in [0.25, 0.3) is 0 Å². The molecule has 0 radical (unpaired) electrons. The van der Waals surface area contributed by atoms with Gasteiger partial charge in [0.25, 0.3) is 0 Å². The smallest absolute Gasteiger partial charge is 0.111 e. The number of hydrogen-bond donors (Lipinski definition) is 30. The zero-order valence-electron chi connectivity index (χ0n) is 50.8. The van der Waals surface area contributed by atoms with Gasteiger partial charge < -0.3 is 163 Å². The van der Waals surface area contributed by atoms with Crippen LogP contribution in [0.4, 0.5) is 0 Å². The van der Waals surface area contributed by atoms with Gasteiger partial charge >= 0.3 is 0 Å². The number of aliphatic hydroxyl groups excluding tert-OH is 29. The van der Waals surface area contributed by atoms with E-state index in [4.69, 9.17) is 15.3 Å². The largest absolute Gasteiger partial charge is 0.394 e. The monoisotopic (exact) mass is 1290 g/mol. The van der Waals surface area contributed by atoms with Crippen LogP contribution in [0.1, 0.15) is 66.7 Å². The first-order valence-corrected chi connectivity index (χ1v) is 29.6. The Morgan fingerprint density at radius 1 is 0.264 bits per heavy atom. The van der Waals surface area contributed by atoms with Crippen LogP contribution in [0.15, 0.2) is 0 Å². The van der Waals surface area contributed by atoms with Crippen LogP contribution in [0.5, 0.6) is 0 Å². The third-order valence-electron chi connectivity index (χ3n) is 14.9. The number of nitrogens with one attached hydrogen (secondary N) is 1. The predicted molar refractivity (Wildman–Crippen MR) is 308 cm³/mol. The topological polar surface area (TPSA) is 612 Å². The van der Waals surface area contributed by atoms with E-state index in [1.807, 2.05) is 18.7 Å². The van der Waals surface area contributed by atoms with E-state index in [0.29, 0.717) is 38.9 Å². The summed E-state index contributed by atoms with van der Waals surface area (Å²) in [5.74, 6) is 0. The molecule has 87 heavy (non-hydrogen) atoms. The molecule has 0 aromatic carbocycles. The first-order valence-electron chi connectivity index (χ1n) is 29.6. The molecule has 0 amide bonds. The fraction of sp³-hybridized carbons (Fsp3) is 1.00. The SMILES string of the molecule is CC(C)N(CC(O)C(O)C(O)C(O)CO)CC(O)C(O)C(O)C(O)CO.CCC(O)C(O)C(O)C(O)CN(CCCN(CCCCN(CCCNC(C)C)CC(O)C(O)C(O)C(O)CO)CC(O)C(O)C(O)C(O)CO)CC(O)C(O)C(O)C(O)CO. The van der Waals surface area contributed by atoms with Crippen LogP contribution in [0.2, 0.25) is 0 Å². The first-order chi connectivity index (χ1) is 40.5. The lowest BCUT2D eigenvalue weighted by Crippen LogP contribution is -2.54. The molecule has 30 N–H and O–H groups in total. The quantitative estimate of drug-likeness (QED) is 0.0252. The van der Waals surface area contributed by atoms with Crippen molar-refractivity contribution in [3.8, 4) is 0 Å². The molecular formula is C53H115N5O29. The van der Waals surface area contributed by atoms with Crippen LogP contribution in [-0.2, 0) is 0 Å². The zero-order valence-corrected chi connectivity index (χ0v) is 50.8. The normalized spacial score (nSPS) is 21.1. The highest BCUT2D eigenvalue weighted by molar-refractivity contribution is 4.90. The van der Waals surface area contributed by atoms with Gasteiger partial charge in [-0.15, -0.1) is 0 Å². The number of nitrogens with zero attached hydrogens (tertiary/aromatic N) is 4. The highest BCUT2D eigenvalue weighted by Crippen LogP contribution is 2.17. The van der Waals surface area contributed by atoms with Gasteiger partial charge in [-0.2, -0.15) is 0 Å². The minimum absolute atomic E-state index is 0.0190. The van der Waals surface area contributed by atoms with Crippen molar-refractivity contribution in [1.29, 1.82) is 0 Å². The molecule has 0 spiro atoms. The maximum Gasteiger partial charge on any atom is 0.111 e. The predicted octanol–water partition coefficient (Wildman–Crippen LogP) is -14.8. The molecule has 0 aromatic heterocycles. The third-order valence-corrected chi connectivity index (χ3v) is 14.9. The van der Waals surface area contributed by atoms with Gasteiger partial charge in [0.2, 0.25) is 0 Å².